The van der Waals surface area contributed by atoms with Gasteiger partial charge in [0.1, 0.15) is 5.75 Å². The number of hydrogen-bond donors (Lipinski definition) is 3. The number of benzene rings is 2. The number of nitrogens with one attached hydrogen (secondary N) is 1. The number of rotatable bonds is 5. The number of aryl methyl sites for hydroxylation is 1. The lowest BCUT2D eigenvalue weighted by molar-refractivity contribution is -0.159. The van der Waals surface area contributed by atoms with Crippen molar-refractivity contribution in [2.24, 2.45) is 0 Å². The van der Waals surface area contributed by atoms with Gasteiger partial charge < -0.3 is 20.3 Å². The second-order valence-electron chi connectivity index (χ2n) is 5.05. The van der Waals surface area contributed by atoms with Gasteiger partial charge in [-0.05, 0) is 30.2 Å². The molecule has 0 aliphatic carbocycles. The van der Waals surface area contributed by atoms with E-state index in [-0.39, 0.29) is 0 Å². The molecular weight excluding hydrogens is 310 g/mol. The Labute approximate surface area is 140 Å². The molecule has 0 aromatic heterocycles. The monoisotopic (exact) mass is 331 g/mol. The third-order valence-corrected chi connectivity index (χ3v) is 3.12. The van der Waals surface area contributed by atoms with Gasteiger partial charge in [0.2, 0.25) is 0 Å². The summed E-state index contributed by atoms with van der Waals surface area (Å²) in [6.45, 7) is 3.87. The minimum atomic E-state index is -1.82. The quantitative estimate of drug-likeness (QED) is 0.728. The highest BCUT2D eigenvalue weighted by Gasteiger charge is 2.04. The minimum Gasteiger partial charge on any atom is -0.497 e. The fraction of sp³-hybridized carbons (Fsp3) is 0.222. The largest absolute Gasteiger partial charge is 0.497 e. The zero-order valence-electron chi connectivity index (χ0n) is 13.7. The van der Waals surface area contributed by atoms with Crippen LogP contribution in [-0.4, -0.2) is 29.3 Å². The van der Waals surface area contributed by atoms with E-state index in [1.165, 1.54) is 16.7 Å². The molecule has 0 aliphatic heterocycles. The van der Waals surface area contributed by atoms with Crippen LogP contribution in [0.1, 0.15) is 16.7 Å². The summed E-state index contributed by atoms with van der Waals surface area (Å²) in [6.07, 6.45) is 0. The van der Waals surface area contributed by atoms with Crippen molar-refractivity contribution in [2.45, 2.75) is 20.0 Å². The maximum atomic E-state index is 9.10. The molecule has 6 nitrogen and oxygen atoms in total. The first-order valence-electron chi connectivity index (χ1n) is 7.27. The number of carboxylic acids is 2. The number of ether oxygens (including phenoxy) is 1. The summed E-state index contributed by atoms with van der Waals surface area (Å²) >= 11 is 0. The molecule has 3 N–H and O–H groups in total. The van der Waals surface area contributed by atoms with Gasteiger partial charge in [-0.25, -0.2) is 9.59 Å². The van der Waals surface area contributed by atoms with E-state index in [2.05, 4.69) is 48.6 Å². The van der Waals surface area contributed by atoms with Crippen molar-refractivity contribution in [2.75, 3.05) is 7.11 Å². The van der Waals surface area contributed by atoms with E-state index in [4.69, 9.17) is 24.5 Å². The van der Waals surface area contributed by atoms with Gasteiger partial charge in [0.25, 0.3) is 0 Å². The van der Waals surface area contributed by atoms with Crippen molar-refractivity contribution in [3.05, 3.63) is 65.2 Å². The number of hydrogen-bond acceptors (Lipinski definition) is 4. The van der Waals surface area contributed by atoms with Crippen LogP contribution < -0.4 is 10.1 Å². The van der Waals surface area contributed by atoms with E-state index in [0.717, 1.165) is 18.8 Å². The number of carbonyl (C=O) groups is 2. The summed E-state index contributed by atoms with van der Waals surface area (Å²) in [5.41, 5.74) is 3.88. The van der Waals surface area contributed by atoms with E-state index in [9.17, 15) is 0 Å². The van der Waals surface area contributed by atoms with Crippen LogP contribution >= 0.6 is 0 Å². The smallest absolute Gasteiger partial charge is 0.414 e. The molecule has 0 unspecified atom stereocenters. The molecule has 0 spiro atoms. The molecule has 0 radical (unpaired) electrons. The highest BCUT2D eigenvalue weighted by atomic mass is 16.5. The lowest BCUT2D eigenvalue weighted by atomic mass is 10.1. The van der Waals surface area contributed by atoms with Crippen molar-refractivity contribution in [1.82, 2.24) is 5.32 Å². The van der Waals surface area contributed by atoms with Crippen LogP contribution in [0.5, 0.6) is 5.75 Å². The van der Waals surface area contributed by atoms with Crippen molar-refractivity contribution in [3.63, 3.8) is 0 Å². The highest BCUT2D eigenvalue weighted by Crippen LogP contribution is 2.11. The van der Waals surface area contributed by atoms with Crippen LogP contribution in [0.2, 0.25) is 0 Å². The molecule has 2 aromatic carbocycles. The Kier molecular flexibility index (Phi) is 8.01. The van der Waals surface area contributed by atoms with E-state index in [1.54, 1.807) is 7.11 Å². The number of aliphatic carboxylic acids is 2. The van der Waals surface area contributed by atoms with Gasteiger partial charge >= 0.3 is 11.9 Å². The van der Waals surface area contributed by atoms with Crippen LogP contribution in [0.15, 0.2) is 48.5 Å². The molecule has 2 aromatic rings. The fourth-order valence-electron chi connectivity index (χ4n) is 1.80. The average molecular weight is 331 g/mol. The van der Waals surface area contributed by atoms with Gasteiger partial charge in [-0.2, -0.15) is 0 Å². The summed E-state index contributed by atoms with van der Waals surface area (Å²) in [5, 5.41) is 18.2. The minimum absolute atomic E-state index is 0.873. The van der Waals surface area contributed by atoms with Gasteiger partial charge in [0.05, 0.1) is 7.11 Å². The van der Waals surface area contributed by atoms with E-state index in [0.29, 0.717) is 0 Å². The first kappa shape index (κ1) is 19.2. The maximum Gasteiger partial charge on any atom is 0.414 e. The second kappa shape index (κ2) is 10.0. The molecule has 0 saturated heterocycles. The van der Waals surface area contributed by atoms with Gasteiger partial charge in [-0.15, -0.1) is 0 Å². The molecule has 24 heavy (non-hydrogen) atoms. The van der Waals surface area contributed by atoms with Crippen LogP contribution in [-0.2, 0) is 22.7 Å². The summed E-state index contributed by atoms with van der Waals surface area (Å²) in [4.78, 5) is 18.2. The molecular formula is C18H21NO5. The molecule has 0 heterocycles. The predicted octanol–water partition coefficient (Wildman–Crippen LogP) is 2.45. The predicted molar refractivity (Wildman–Crippen MR) is 90.0 cm³/mol. The standard InChI is InChI=1S/C16H19NO.C2H2O4/c1-13-3-5-14(6-4-13)11-17-12-15-7-9-16(18-2)10-8-15;3-1(4)2(5)6/h3-10,17H,11-12H2,1-2H3;(H,3,4)(H,5,6). The fourth-order valence-corrected chi connectivity index (χ4v) is 1.80. The van der Waals surface area contributed by atoms with Crippen LogP contribution in [0.4, 0.5) is 0 Å². The Bertz CT molecular complexity index is 638. The zero-order chi connectivity index (χ0) is 17.9. The third-order valence-electron chi connectivity index (χ3n) is 3.12. The Morgan fingerprint density at radius 2 is 1.29 bits per heavy atom. The van der Waals surface area contributed by atoms with Crippen LogP contribution in [0.3, 0.4) is 0 Å². The van der Waals surface area contributed by atoms with E-state index >= 15 is 0 Å². The van der Waals surface area contributed by atoms with Crippen molar-refractivity contribution >= 4 is 11.9 Å². The first-order chi connectivity index (χ1) is 11.4. The Hall–Kier alpha value is -2.86. The normalized spacial score (nSPS) is 9.58. The van der Waals surface area contributed by atoms with Crippen molar-refractivity contribution in [1.29, 1.82) is 0 Å². The van der Waals surface area contributed by atoms with Gasteiger partial charge in [0.15, 0.2) is 0 Å². The zero-order valence-corrected chi connectivity index (χ0v) is 13.7. The summed E-state index contributed by atoms with van der Waals surface area (Å²) in [6, 6.07) is 16.8. The molecule has 0 atom stereocenters. The molecule has 0 saturated carbocycles. The van der Waals surface area contributed by atoms with Crippen LogP contribution in [0, 0.1) is 6.92 Å². The molecule has 0 bridgehead atoms. The summed E-state index contributed by atoms with van der Waals surface area (Å²) < 4.78 is 5.13. The Morgan fingerprint density at radius 1 is 0.875 bits per heavy atom. The SMILES string of the molecule is COc1ccc(CNCc2ccc(C)cc2)cc1.O=C(O)C(=O)O. The van der Waals surface area contributed by atoms with Gasteiger partial charge in [-0.1, -0.05) is 42.0 Å². The number of carboxylic acid groups (broad SMARTS) is 2. The molecule has 0 amide bonds. The topological polar surface area (TPSA) is 95.9 Å². The second-order valence-corrected chi connectivity index (χ2v) is 5.05. The Morgan fingerprint density at radius 3 is 1.67 bits per heavy atom. The number of methoxy groups -OCH3 is 1. The van der Waals surface area contributed by atoms with E-state index < -0.39 is 11.9 Å². The molecule has 2 rings (SSSR count). The van der Waals surface area contributed by atoms with E-state index in [1.807, 2.05) is 12.1 Å². The molecule has 6 heteroatoms. The Balaban J connectivity index is 0.000000413. The maximum absolute atomic E-state index is 9.10. The van der Waals surface area contributed by atoms with Crippen LogP contribution in [0.25, 0.3) is 0 Å². The third kappa shape index (κ3) is 7.42. The lowest BCUT2D eigenvalue weighted by Crippen LogP contribution is -2.12. The van der Waals surface area contributed by atoms with Crippen molar-refractivity contribution in [3.8, 4) is 5.75 Å². The lowest BCUT2D eigenvalue weighted by Gasteiger charge is -2.06. The van der Waals surface area contributed by atoms with Gasteiger partial charge in [-0.3, -0.25) is 0 Å². The first-order valence-corrected chi connectivity index (χ1v) is 7.27. The summed E-state index contributed by atoms with van der Waals surface area (Å²) in [5.74, 6) is -2.75. The molecule has 0 fully saturated rings. The molecule has 0 aliphatic rings. The summed E-state index contributed by atoms with van der Waals surface area (Å²) in [7, 11) is 1.69. The highest BCUT2D eigenvalue weighted by molar-refractivity contribution is 6.27. The van der Waals surface area contributed by atoms with Gasteiger partial charge in [0, 0.05) is 13.1 Å². The van der Waals surface area contributed by atoms with Crippen molar-refractivity contribution < 1.29 is 24.5 Å². The molecule has 128 valence electrons. The average Bonchev–Trinajstić information content (AvgIpc) is 2.58.